The molecule has 3 aliphatic heterocycles. The number of anilines is 2. The first-order valence-corrected chi connectivity index (χ1v) is 13.8. The fourth-order valence-corrected chi connectivity index (χ4v) is 6.50. The minimum atomic E-state index is 0.436. The molecule has 0 radical (unpaired) electrons. The lowest BCUT2D eigenvalue weighted by atomic mass is 9.93. The summed E-state index contributed by atoms with van der Waals surface area (Å²) >= 11 is 0. The van der Waals surface area contributed by atoms with E-state index in [1.807, 2.05) is 6.20 Å². The van der Waals surface area contributed by atoms with Crippen LogP contribution in [0.15, 0.2) is 12.3 Å². The van der Waals surface area contributed by atoms with Gasteiger partial charge in [-0.2, -0.15) is 4.98 Å². The van der Waals surface area contributed by atoms with Gasteiger partial charge in [0.1, 0.15) is 5.82 Å². The fourth-order valence-electron chi connectivity index (χ4n) is 6.50. The second-order valence-corrected chi connectivity index (χ2v) is 10.9. The van der Waals surface area contributed by atoms with E-state index in [0.29, 0.717) is 12.1 Å². The van der Waals surface area contributed by atoms with Gasteiger partial charge in [0, 0.05) is 76.7 Å². The van der Waals surface area contributed by atoms with Crippen molar-refractivity contribution in [3.63, 3.8) is 0 Å². The summed E-state index contributed by atoms with van der Waals surface area (Å²) in [7, 11) is 2.25. The lowest BCUT2D eigenvalue weighted by Gasteiger charge is -2.41. The summed E-state index contributed by atoms with van der Waals surface area (Å²) in [6, 6.07) is 3.86. The number of nitrogens with zero attached hydrogens (tertiary/aromatic N) is 6. The van der Waals surface area contributed by atoms with Crippen molar-refractivity contribution in [3.8, 4) is 0 Å². The summed E-state index contributed by atoms with van der Waals surface area (Å²) in [6.07, 6.45) is 15.4. The van der Waals surface area contributed by atoms with Gasteiger partial charge in [0.05, 0.1) is 0 Å². The molecule has 4 fully saturated rings. The van der Waals surface area contributed by atoms with E-state index in [1.54, 1.807) is 0 Å². The number of likely N-dealkylation sites (tertiary alicyclic amines) is 1. The van der Waals surface area contributed by atoms with Crippen molar-refractivity contribution < 1.29 is 0 Å². The highest BCUT2D eigenvalue weighted by Crippen LogP contribution is 2.31. The molecule has 4 aliphatic rings. The standard InChI is InChI=1S/C26H45N7/c1-30-17-19-31(20-18-30)21-24-23(12-16-33(24)22-9-5-4-6-10-22)28-26-27-13-11-25(29-26)32-14-7-2-3-8-15-32/h11,13,22-24H,2-10,12,14-21H2,1H3,(H,27,28,29)/t23-,24+/m0/s1. The van der Waals surface area contributed by atoms with Crippen LogP contribution in [0.5, 0.6) is 0 Å². The van der Waals surface area contributed by atoms with Gasteiger partial charge in [0.2, 0.25) is 5.95 Å². The zero-order valence-electron chi connectivity index (χ0n) is 20.8. The summed E-state index contributed by atoms with van der Waals surface area (Å²) in [5.74, 6) is 1.93. The molecule has 3 saturated heterocycles. The van der Waals surface area contributed by atoms with Gasteiger partial charge in [-0.25, -0.2) is 4.98 Å². The fraction of sp³-hybridized carbons (Fsp3) is 0.846. The van der Waals surface area contributed by atoms with Crippen molar-refractivity contribution in [2.24, 2.45) is 0 Å². The van der Waals surface area contributed by atoms with E-state index in [0.717, 1.165) is 30.9 Å². The molecule has 184 valence electrons. The summed E-state index contributed by atoms with van der Waals surface area (Å²) in [6.45, 7) is 9.41. The first-order chi connectivity index (χ1) is 16.3. The smallest absolute Gasteiger partial charge is 0.224 e. The molecule has 2 atom stereocenters. The minimum Gasteiger partial charge on any atom is -0.356 e. The summed E-state index contributed by atoms with van der Waals surface area (Å²) < 4.78 is 0. The Balaban J connectivity index is 1.28. The summed E-state index contributed by atoms with van der Waals surface area (Å²) in [5, 5.41) is 3.83. The van der Waals surface area contributed by atoms with E-state index in [2.05, 4.69) is 43.0 Å². The van der Waals surface area contributed by atoms with Crippen LogP contribution in [-0.4, -0.2) is 102 Å². The van der Waals surface area contributed by atoms with Crippen molar-refractivity contribution in [3.05, 3.63) is 12.3 Å². The number of piperazine rings is 1. The second kappa shape index (κ2) is 11.3. The van der Waals surface area contributed by atoms with E-state index in [9.17, 15) is 0 Å². The molecule has 7 heteroatoms. The SMILES string of the molecule is CN1CCN(C[C@@H]2[C@@H](Nc3nccc(N4CCCCCC4)n3)CCN2C2CCCCC2)CC1. The van der Waals surface area contributed by atoms with Crippen LogP contribution >= 0.6 is 0 Å². The van der Waals surface area contributed by atoms with Gasteiger partial charge in [0.15, 0.2) is 0 Å². The molecule has 1 aliphatic carbocycles. The molecular weight excluding hydrogens is 410 g/mol. The Kier molecular flexibility index (Phi) is 8.00. The Morgan fingerprint density at radius 3 is 2.33 bits per heavy atom. The van der Waals surface area contributed by atoms with Crippen molar-refractivity contribution in [2.45, 2.75) is 82.3 Å². The van der Waals surface area contributed by atoms with Crippen LogP contribution in [0.25, 0.3) is 0 Å². The van der Waals surface area contributed by atoms with E-state index in [1.165, 1.54) is 103 Å². The Morgan fingerprint density at radius 1 is 0.848 bits per heavy atom. The largest absolute Gasteiger partial charge is 0.356 e. The molecule has 1 aromatic rings. The number of hydrogen-bond acceptors (Lipinski definition) is 7. The molecule has 0 spiro atoms. The van der Waals surface area contributed by atoms with Gasteiger partial charge in [-0.05, 0) is 45.2 Å². The van der Waals surface area contributed by atoms with Crippen molar-refractivity contribution >= 4 is 11.8 Å². The van der Waals surface area contributed by atoms with Crippen LogP contribution in [0.4, 0.5) is 11.8 Å². The van der Waals surface area contributed by atoms with Crippen molar-refractivity contribution in [2.75, 3.05) is 69.6 Å². The van der Waals surface area contributed by atoms with Crippen LogP contribution in [0.3, 0.4) is 0 Å². The first-order valence-electron chi connectivity index (χ1n) is 13.8. The van der Waals surface area contributed by atoms with E-state index < -0.39 is 0 Å². The molecule has 5 rings (SSSR count). The predicted octanol–water partition coefficient (Wildman–Crippen LogP) is 3.29. The van der Waals surface area contributed by atoms with E-state index in [-0.39, 0.29) is 0 Å². The molecule has 1 N–H and O–H groups in total. The highest BCUT2D eigenvalue weighted by Gasteiger charge is 2.39. The summed E-state index contributed by atoms with van der Waals surface area (Å²) in [5.41, 5.74) is 0. The number of likely N-dealkylation sites (N-methyl/N-ethyl adjacent to an activating group) is 1. The third-order valence-electron chi connectivity index (χ3n) is 8.56. The van der Waals surface area contributed by atoms with Gasteiger partial charge in [-0.15, -0.1) is 0 Å². The number of nitrogens with one attached hydrogen (secondary N) is 1. The Hall–Kier alpha value is -1.44. The van der Waals surface area contributed by atoms with E-state index in [4.69, 9.17) is 4.98 Å². The lowest BCUT2D eigenvalue weighted by Crippen LogP contribution is -2.54. The predicted molar refractivity (Wildman–Crippen MR) is 136 cm³/mol. The third kappa shape index (κ3) is 5.98. The van der Waals surface area contributed by atoms with Gasteiger partial charge < -0.3 is 15.1 Å². The monoisotopic (exact) mass is 455 g/mol. The normalized spacial score (nSPS) is 29.3. The molecule has 4 heterocycles. The maximum absolute atomic E-state index is 5.00. The second-order valence-electron chi connectivity index (χ2n) is 10.9. The number of hydrogen-bond donors (Lipinski definition) is 1. The molecule has 7 nitrogen and oxygen atoms in total. The zero-order valence-corrected chi connectivity index (χ0v) is 20.8. The molecule has 1 aromatic heterocycles. The van der Waals surface area contributed by atoms with Crippen LogP contribution in [0.1, 0.15) is 64.2 Å². The topological polar surface area (TPSA) is 50.8 Å². The minimum absolute atomic E-state index is 0.436. The quantitative estimate of drug-likeness (QED) is 0.706. The maximum atomic E-state index is 5.00. The Bertz CT molecular complexity index is 721. The highest BCUT2D eigenvalue weighted by molar-refractivity contribution is 5.43. The van der Waals surface area contributed by atoms with Gasteiger partial charge >= 0.3 is 0 Å². The van der Waals surface area contributed by atoms with Crippen LogP contribution in [0.2, 0.25) is 0 Å². The van der Waals surface area contributed by atoms with Crippen molar-refractivity contribution in [1.82, 2.24) is 24.7 Å². The molecule has 0 bridgehead atoms. The van der Waals surface area contributed by atoms with Crippen LogP contribution in [0, 0.1) is 0 Å². The van der Waals surface area contributed by atoms with Gasteiger partial charge in [-0.3, -0.25) is 9.80 Å². The van der Waals surface area contributed by atoms with Crippen LogP contribution in [-0.2, 0) is 0 Å². The Labute approximate surface area is 200 Å². The molecule has 0 aromatic carbocycles. The molecule has 0 amide bonds. The number of aromatic nitrogens is 2. The van der Waals surface area contributed by atoms with Crippen molar-refractivity contribution in [1.29, 1.82) is 0 Å². The lowest BCUT2D eigenvalue weighted by molar-refractivity contribution is 0.0833. The maximum Gasteiger partial charge on any atom is 0.224 e. The zero-order chi connectivity index (χ0) is 22.5. The highest BCUT2D eigenvalue weighted by atomic mass is 15.3. The van der Waals surface area contributed by atoms with Gasteiger partial charge in [-0.1, -0.05) is 32.1 Å². The average molecular weight is 456 g/mol. The Morgan fingerprint density at radius 2 is 1.58 bits per heavy atom. The number of rotatable bonds is 6. The van der Waals surface area contributed by atoms with Crippen LogP contribution < -0.4 is 10.2 Å². The molecule has 0 unspecified atom stereocenters. The van der Waals surface area contributed by atoms with Gasteiger partial charge in [0.25, 0.3) is 0 Å². The van der Waals surface area contributed by atoms with E-state index >= 15 is 0 Å². The molecule has 33 heavy (non-hydrogen) atoms. The molecular formula is C26H45N7. The summed E-state index contributed by atoms with van der Waals surface area (Å²) in [4.78, 5) is 20.2. The average Bonchev–Trinajstić information content (AvgIpc) is 3.05. The first kappa shape index (κ1) is 23.3. The molecule has 1 saturated carbocycles. The third-order valence-corrected chi connectivity index (χ3v) is 8.56.